The minimum atomic E-state index is -0.956. The van der Waals surface area contributed by atoms with Gasteiger partial charge in [-0.1, -0.05) is 12.2 Å². The number of carboxylic acids is 1. The third-order valence-corrected chi connectivity index (χ3v) is 4.17. The van der Waals surface area contributed by atoms with Gasteiger partial charge in [-0.05, 0) is 50.5 Å². The van der Waals surface area contributed by atoms with Crippen molar-refractivity contribution in [3.63, 3.8) is 0 Å². The van der Waals surface area contributed by atoms with Crippen LogP contribution in [0.15, 0.2) is 30.4 Å². The summed E-state index contributed by atoms with van der Waals surface area (Å²) in [5.41, 5.74) is 1.87. The summed E-state index contributed by atoms with van der Waals surface area (Å²) >= 11 is 0. The van der Waals surface area contributed by atoms with Gasteiger partial charge >= 0.3 is 5.97 Å². The molecule has 0 heterocycles. The number of nitrogens with one attached hydrogen (secondary N) is 2. The summed E-state index contributed by atoms with van der Waals surface area (Å²) in [4.78, 5) is 35.6. The predicted molar refractivity (Wildman–Crippen MR) is 90.8 cm³/mol. The van der Waals surface area contributed by atoms with Gasteiger partial charge in [-0.2, -0.15) is 0 Å². The first kappa shape index (κ1) is 17.7. The van der Waals surface area contributed by atoms with Crippen LogP contribution in [0, 0.1) is 18.8 Å². The van der Waals surface area contributed by atoms with E-state index < -0.39 is 17.8 Å². The van der Waals surface area contributed by atoms with E-state index in [0.29, 0.717) is 30.6 Å². The number of rotatable bonds is 5. The van der Waals surface area contributed by atoms with Gasteiger partial charge in [-0.15, -0.1) is 0 Å². The molecular weight excluding hydrogens is 308 g/mol. The summed E-state index contributed by atoms with van der Waals surface area (Å²) in [7, 11) is 0. The van der Waals surface area contributed by atoms with Crippen LogP contribution in [0.3, 0.4) is 0 Å². The second-order valence-corrected chi connectivity index (χ2v) is 5.87. The van der Waals surface area contributed by atoms with E-state index in [0.717, 1.165) is 5.56 Å². The van der Waals surface area contributed by atoms with Gasteiger partial charge in [0, 0.05) is 17.8 Å². The predicted octanol–water partition coefficient (Wildman–Crippen LogP) is 2.35. The van der Waals surface area contributed by atoms with Crippen molar-refractivity contribution in [3.8, 4) is 0 Å². The molecule has 0 aromatic heterocycles. The standard InChI is InChI=1S/C18H22N2O4/c1-3-19-16(21)12-8-9-15(11(2)10-12)20-17(22)13-6-4-5-7-14(13)18(23)24/h4-5,8-10,13-14H,3,6-7H2,1-2H3,(H,19,21)(H,20,22)(H,23,24)/t13-,14+/m1/s1. The van der Waals surface area contributed by atoms with Gasteiger partial charge in [0.25, 0.3) is 5.91 Å². The highest BCUT2D eigenvalue weighted by Gasteiger charge is 2.34. The molecule has 2 rings (SSSR count). The zero-order valence-corrected chi connectivity index (χ0v) is 13.8. The number of allylic oxidation sites excluding steroid dienone is 2. The largest absolute Gasteiger partial charge is 0.481 e. The van der Waals surface area contributed by atoms with Gasteiger partial charge in [-0.25, -0.2) is 0 Å². The van der Waals surface area contributed by atoms with Gasteiger partial charge in [0.05, 0.1) is 11.8 Å². The summed E-state index contributed by atoms with van der Waals surface area (Å²) in [6.07, 6.45) is 4.42. The number of aliphatic carboxylic acids is 1. The molecule has 0 aliphatic heterocycles. The topological polar surface area (TPSA) is 95.5 Å². The third-order valence-electron chi connectivity index (χ3n) is 4.17. The van der Waals surface area contributed by atoms with Crippen LogP contribution in [0.1, 0.15) is 35.7 Å². The quantitative estimate of drug-likeness (QED) is 0.722. The molecule has 1 aliphatic rings. The molecule has 0 spiro atoms. The average Bonchev–Trinajstić information content (AvgIpc) is 2.56. The van der Waals surface area contributed by atoms with Crippen molar-refractivity contribution in [2.45, 2.75) is 26.7 Å². The van der Waals surface area contributed by atoms with Crippen molar-refractivity contribution in [2.75, 3.05) is 11.9 Å². The number of anilines is 1. The Kier molecular flexibility index (Phi) is 5.73. The number of hydrogen-bond donors (Lipinski definition) is 3. The van der Waals surface area contributed by atoms with Gasteiger partial charge in [0.15, 0.2) is 0 Å². The maximum Gasteiger partial charge on any atom is 0.307 e. The molecule has 6 heteroatoms. The molecule has 0 fully saturated rings. The van der Waals surface area contributed by atoms with Crippen molar-refractivity contribution in [3.05, 3.63) is 41.5 Å². The maximum atomic E-state index is 12.5. The molecule has 1 aliphatic carbocycles. The van der Waals surface area contributed by atoms with E-state index in [-0.39, 0.29) is 11.8 Å². The second kappa shape index (κ2) is 7.77. The monoisotopic (exact) mass is 330 g/mol. The van der Waals surface area contributed by atoms with E-state index in [2.05, 4.69) is 10.6 Å². The van der Waals surface area contributed by atoms with Crippen LogP contribution >= 0.6 is 0 Å². The molecule has 1 aromatic rings. The molecule has 0 unspecified atom stereocenters. The number of aryl methyl sites for hydroxylation is 1. The number of amides is 2. The molecule has 24 heavy (non-hydrogen) atoms. The number of benzene rings is 1. The van der Waals surface area contributed by atoms with E-state index in [1.165, 1.54) is 0 Å². The smallest absolute Gasteiger partial charge is 0.307 e. The maximum absolute atomic E-state index is 12.5. The lowest BCUT2D eigenvalue weighted by molar-refractivity contribution is -0.146. The lowest BCUT2D eigenvalue weighted by atomic mass is 9.82. The Morgan fingerprint density at radius 2 is 1.83 bits per heavy atom. The molecule has 0 saturated carbocycles. The molecule has 0 saturated heterocycles. The van der Waals surface area contributed by atoms with Crippen LogP contribution < -0.4 is 10.6 Å². The van der Waals surface area contributed by atoms with Crippen LogP contribution in [0.2, 0.25) is 0 Å². The Labute approximate surface area is 140 Å². The Morgan fingerprint density at radius 3 is 2.42 bits per heavy atom. The molecule has 128 valence electrons. The lowest BCUT2D eigenvalue weighted by Crippen LogP contribution is -2.34. The van der Waals surface area contributed by atoms with E-state index in [9.17, 15) is 19.5 Å². The first-order valence-corrected chi connectivity index (χ1v) is 8.01. The zero-order chi connectivity index (χ0) is 17.7. The van der Waals surface area contributed by atoms with Crippen molar-refractivity contribution in [1.82, 2.24) is 5.32 Å². The highest BCUT2D eigenvalue weighted by Crippen LogP contribution is 2.28. The summed E-state index contributed by atoms with van der Waals surface area (Å²) < 4.78 is 0. The average molecular weight is 330 g/mol. The summed E-state index contributed by atoms with van der Waals surface area (Å²) in [6, 6.07) is 5.02. The van der Waals surface area contributed by atoms with Crippen LogP contribution in [-0.4, -0.2) is 29.4 Å². The summed E-state index contributed by atoms with van der Waals surface area (Å²) in [5, 5.41) is 14.8. The molecule has 2 atom stereocenters. The number of hydrogen-bond acceptors (Lipinski definition) is 3. The summed E-state index contributed by atoms with van der Waals surface area (Å²) in [5.74, 6) is -2.72. The third kappa shape index (κ3) is 4.01. The van der Waals surface area contributed by atoms with Gasteiger partial charge in [0.1, 0.15) is 0 Å². The molecule has 3 N–H and O–H groups in total. The van der Waals surface area contributed by atoms with E-state index >= 15 is 0 Å². The fourth-order valence-electron chi connectivity index (χ4n) is 2.81. The highest BCUT2D eigenvalue weighted by molar-refractivity contribution is 5.98. The number of carbonyl (C=O) groups excluding carboxylic acids is 2. The Balaban J connectivity index is 2.12. The minimum absolute atomic E-state index is 0.165. The second-order valence-electron chi connectivity index (χ2n) is 5.87. The zero-order valence-electron chi connectivity index (χ0n) is 13.8. The van der Waals surface area contributed by atoms with Gasteiger partial charge in [-0.3, -0.25) is 14.4 Å². The molecular formula is C18H22N2O4. The fourth-order valence-corrected chi connectivity index (χ4v) is 2.81. The molecule has 2 amide bonds. The van der Waals surface area contributed by atoms with Gasteiger partial charge in [0.2, 0.25) is 5.91 Å². The first-order chi connectivity index (χ1) is 11.4. The Hall–Kier alpha value is -2.63. The van der Waals surface area contributed by atoms with E-state index in [4.69, 9.17) is 0 Å². The molecule has 0 bridgehead atoms. The van der Waals surface area contributed by atoms with E-state index in [1.807, 2.05) is 13.0 Å². The molecule has 0 radical (unpaired) electrons. The fraction of sp³-hybridized carbons (Fsp3) is 0.389. The molecule has 1 aromatic carbocycles. The summed E-state index contributed by atoms with van der Waals surface area (Å²) in [6.45, 7) is 4.19. The van der Waals surface area contributed by atoms with Gasteiger partial charge < -0.3 is 15.7 Å². The molecule has 6 nitrogen and oxygen atoms in total. The number of carboxylic acid groups (broad SMARTS) is 1. The first-order valence-electron chi connectivity index (χ1n) is 8.01. The highest BCUT2D eigenvalue weighted by atomic mass is 16.4. The Bertz CT molecular complexity index is 682. The van der Waals surface area contributed by atoms with Crippen LogP contribution in [0.5, 0.6) is 0 Å². The van der Waals surface area contributed by atoms with Crippen molar-refractivity contribution in [1.29, 1.82) is 0 Å². The van der Waals surface area contributed by atoms with Crippen molar-refractivity contribution < 1.29 is 19.5 Å². The van der Waals surface area contributed by atoms with Crippen LogP contribution in [0.25, 0.3) is 0 Å². The van der Waals surface area contributed by atoms with Crippen molar-refractivity contribution in [2.24, 2.45) is 11.8 Å². The normalized spacial score (nSPS) is 19.6. The number of carbonyl (C=O) groups is 3. The Morgan fingerprint density at radius 1 is 1.17 bits per heavy atom. The SMILES string of the molecule is CCNC(=O)c1ccc(NC(=O)[C@@H]2CC=CC[C@@H]2C(=O)O)c(C)c1. The van der Waals surface area contributed by atoms with Crippen LogP contribution in [0.4, 0.5) is 5.69 Å². The van der Waals surface area contributed by atoms with E-state index in [1.54, 1.807) is 31.2 Å². The van der Waals surface area contributed by atoms with Crippen LogP contribution in [-0.2, 0) is 9.59 Å². The lowest BCUT2D eigenvalue weighted by Gasteiger charge is -2.24. The van der Waals surface area contributed by atoms with Crippen molar-refractivity contribution >= 4 is 23.5 Å². The minimum Gasteiger partial charge on any atom is -0.481 e.